The first-order valence-corrected chi connectivity index (χ1v) is 44.1. The topological polar surface area (TPSA) is 29.6 Å². The highest BCUT2D eigenvalue weighted by Gasteiger charge is 2.26. The van der Waals surface area contributed by atoms with E-state index in [1.165, 1.54) is 208 Å². The molecule has 21 aromatic carbocycles. The van der Waals surface area contributed by atoms with Gasteiger partial charge in [0, 0.05) is 98.8 Å². The van der Waals surface area contributed by atoms with Gasteiger partial charge in [-0.15, -0.1) is 0 Å². The van der Waals surface area contributed by atoms with Crippen LogP contribution < -0.4 is 0 Å². The fourth-order valence-electron chi connectivity index (χ4n) is 20.9. The van der Waals surface area contributed by atoms with E-state index in [2.05, 4.69) is 501 Å². The number of nitrogens with zero attached hydrogens (tertiary/aromatic N) is 6. The number of rotatable bonds is 11. The normalized spacial score (nSPS) is 11.9. The molecule has 0 amide bonds. The second-order valence-corrected chi connectivity index (χ2v) is 33.9. The Labute approximate surface area is 737 Å². The van der Waals surface area contributed by atoms with E-state index in [1.54, 1.807) is 0 Å². The molecule has 596 valence electrons. The largest absolute Gasteiger partial charge is 0.309 e. The van der Waals surface area contributed by atoms with E-state index in [1.807, 2.05) is 0 Å². The predicted molar refractivity (Wildman–Crippen MR) is 541 cm³/mol. The van der Waals surface area contributed by atoms with Crippen molar-refractivity contribution in [3.05, 3.63) is 473 Å². The van der Waals surface area contributed by atoms with Crippen molar-refractivity contribution in [3.8, 4) is 89.8 Å². The monoisotopic (exact) mass is 1630 g/mol. The lowest BCUT2D eigenvalue weighted by Gasteiger charge is -2.12. The molecule has 6 aromatic heterocycles. The summed E-state index contributed by atoms with van der Waals surface area (Å²) >= 11 is 0. The van der Waals surface area contributed by atoms with Crippen LogP contribution in [0.5, 0.6) is 0 Å². The molecule has 0 atom stereocenters. The van der Waals surface area contributed by atoms with Gasteiger partial charge in [-0.25, -0.2) is 0 Å². The van der Waals surface area contributed by atoms with Crippen LogP contribution in [0, 0.1) is 0 Å². The molecule has 0 aliphatic carbocycles. The number of hydrogen-bond donors (Lipinski definition) is 0. The van der Waals surface area contributed by atoms with Gasteiger partial charge in [-0.05, 0) is 241 Å². The van der Waals surface area contributed by atoms with E-state index in [-0.39, 0.29) is 0 Å². The first-order chi connectivity index (χ1) is 63.5. The lowest BCUT2D eigenvalue weighted by molar-refractivity contribution is 1.17. The van der Waals surface area contributed by atoms with Crippen LogP contribution in [0.25, 0.3) is 242 Å². The Morgan fingerprint density at radius 3 is 0.867 bits per heavy atom. The molecule has 0 spiro atoms. The average molecular weight is 1630 g/mol. The number of hydrogen-bond acceptors (Lipinski definition) is 0. The van der Waals surface area contributed by atoms with E-state index in [4.69, 9.17) is 0 Å². The zero-order chi connectivity index (χ0) is 84.0. The minimum absolute atomic E-state index is 1.14. The molecule has 0 fully saturated rings. The standard InChI is InChI=1S/C64H41N3.C58H37N3/c1-3-14-42(15-4-1)45-26-31-50(32-27-45)65-59-24-11-10-23-54(59)57-40-58-56-39-49(30-35-62(56)67(64(58)41-63(57)65)52-33-28-44-18-7-8-19-46(44)37-52)48-29-34-61-55(38-48)53-22-9-12-25-60(53)66(61)51-21-13-20-47(36-51)43-16-5-2-6-17-43;1-3-14-38(15-4-1)41-18-13-21-45(34-41)60-52-24-11-9-22-47(52)50-36-42(27-31-54(50)60)43-28-32-55-51(37-43)48-30-33-56-57(49-23-10-12-25-53(49)59(56)44-19-5-2-6-20-44)58(48)61(55)46-29-26-39-16-7-8-17-40(39)35-46/h1-41H;1-37H. The van der Waals surface area contributed by atoms with Crippen molar-refractivity contribution < 1.29 is 0 Å². The Bertz CT molecular complexity index is 9170. The van der Waals surface area contributed by atoms with Gasteiger partial charge in [-0.2, -0.15) is 0 Å². The second-order valence-electron chi connectivity index (χ2n) is 33.9. The zero-order valence-corrected chi connectivity index (χ0v) is 69.7. The van der Waals surface area contributed by atoms with Gasteiger partial charge < -0.3 is 27.4 Å². The summed E-state index contributed by atoms with van der Waals surface area (Å²) in [6.45, 7) is 0. The summed E-state index contributed by atoms with van der Waals surface area (Å²) < 4.78 is 14.7. The van der Waals surface area contributed by atoms with Crippen LogP contribution in [0.1, 0.15) is 0 Å². The smallest absolute Gasteiger partial charge is 0.0641 e. The third-order valence-electron chi connectivity index (χ3n) is 26.8. The molecule has 27 rings (SSSR count). The van der Waals surface area contributed by atoms with Gasteiger partial charge in [0.15, 0.2) is 0 Å². The van der Waals surface area contributed by atoms with Gasteiger partial charge in [0.05, 0.1) is 66.2 Å². The Kier molecular flexibility index (Phi) is 16.6. The molecule has 27 aromatic rings. The van der Waals surface area contributed by atoms with Gasteiger partial charge in [0.25, 0.3) is 0 Å². The Morgan fingerprint density at radius 1 is 0.109 bits per heavy atom. The summed E-state index contributed by atoms with van der Waals surface area (Å²) in [5, 5.41) is 19.8. The summed E-state index contributed by atoms with van der Waals surface area (Å²) in [6, 6.07) is 174. The first-order valence-electron chi connectivity index (χ1n) is 44.1. The predicted octanol–water partition coefficient (Wildman–Crippen LogP) is 32.6. The maximum atomic E-state index is 2.51. The molecule has 0 saturated heterocycles. The first kappa shape index (κ1) is 72.6. The van der Waals surface area contributed by atoms with Crippen molar-refractivity contribution in [2.45, 2.75) is 0 Å². The average Bonchev–Trinajstić information content (AvgIpc) is 1.59. The minimum atomic E-state index is 1.14. The van der Waals surface area contributed by atoms with Crippen molar-refractivity contribution in [2.75, 3.05) is 0 Å². The molecule has 0 aliphatic rings. The van der Waals surface area contributed by atoms with Crippen LogP contribution in [0.15, 0.2) is 473 Å². The van der Waals surface area contributed by atoms with Crippen LogP contribution in [-0.2, 0) is 0 Å². The third kappa shape index (κ3) is 11.7. The van der Waals surface area contributed by atoms with Gasteiger partial charge in [0.2, 0.25) is 0 Å². The molecule has 0 aliphatic heterocycles. The van der Waals surface area contributed by atoms with Gasteiger partial charge in [0.1, 0.15) is 0 Å². The minimum Gasteiger partial charge on any atom is -0.309 e. The summed E-state index contributed by atoms with van der Waals surface area (Å²) in [5.41, 5.74) is 33.3. The number of aromatic nitrogens is 6. The van der Waals surface area contributed by atoms with Crippen molar-refractivity contribution in [1.82, 2.24) is 27.4 Å². The summed E-state index contributed by atoms with van der Waals surface area (Å²) in [7, 11) is 0. The fraction of sp³-hybridized carbons (Fsp3) is 0. The van der Waals surface area contributed by atoms with Gasteiger partial charge >= 0.3 is 0 Å². The molecule has 0 radical (unpaired) electrons. The molecule has 6 heterocycles. The number of fused-ring (bicyclic) bond motifs is 21. The van der Waals surface area contributed by atoms with Gasteiger partial charge in [-0.3, -0.25) is 0 Å². The third-order valence-corrected chi connectivity index (χ3v) is 26.8. The maximum Gasteiger partial charge on any atom is 0.0641 e. The molecule has 0 unspecified atom stereocenters. The summed E-state index contributed by atoms with van der Waals surface area (Å²) in [5.74, 6) is 0. The Morgan fingerprint density at radius 2 is 0.383 bits per heavy atom. The Balaban J connectivity index is 0.000000136. The molecular weight excluding hydrogens is 1550 g/mol. The highest BCUT2D eigenvalue weighted by molar-refractivity contribution is 6.27. The molecule has 6 heteroatoms. The number of para-hydroxylation sites is 5. The van der Waals surface area contributed by atoms with E-state index in [0.29, 0.717) is 0 Å². The molecule has 0 N–H and O–H groups in total. The van der Waals surface area contributed by atoms with E-state index < -0.39 is 0 Å². The quantitative estimate of drug-likeness (QED) is 0.124. The van der Waals surface area contributed by atoms with Crippen LogP contribution in [0.3, 0.4) is 0 Å². The maximum absolute atomic E-state index is 2.51. The highest BCUT2D eigenvalue weighted by atomic mass is 15.0. The Hall–Kier alpha value is -17.1. The van der Waals surface area contributed by atoms with E-state index >= 15 is 0 Å². The molecule has 6 nitrogen and oxygen atoms in total. The van der Waals surface area contributed by atoms with Crippen molar-refractivity contribution in [2.24, 2.45) is 0 Å². The fourth-order valence-corrected chi connectivity index (χ4v) is 20.9. The van der Waals surface area contributed by atoms with Crippen molar-refractivity contribution >= 4 is 152 Å². The zero-order valence-electron chi connectivity index (χ0n) is 69.7. The number of benzene rings is 21. The highest BCUT2D eigenvalue weighted by Crippen LogP contribution is 2.48. The van der Waals surface area contributed by atoms with E-state index in [9.17, 15) is 0 Å². The molecule has 0 bridgehead atoms. The summed E-state index contributed by atoms with van der Waals surface area (Å²) in [6.07, 6.45) is 0. The molecule has 128 heavy (non-hydrogen) atoms. The second kappa shape index (κ2) is 29.3. The van der Waals surface area contributed by atoms with Crippen LogP contribution in [0.4, 0.5) is 0 Å². The lowest BCUT2D eigenvalue weighted by atomic mass is 10.00. The van der Waals surface area contributed by atoms with Crippen LogP contribution >= 0.6 is 0 Å². The van der Waals surface area contributed by atoms with Crippen molar-refractivity contribution in [3.63, 3.8) is 0 Å². The lowest BCUT2D eigenvalue weighted by Crippen LogP contribution is -1.96. The molecular formula is C122H78N6. The molecule has 0 saturated carbocycles. The van der Waals surface area contributed by atoms with Gasteiger partial charge in [-0.1, -0.05) is 309 Å². The van der Waals surface area contributed by atoms with Crippen molar-refractivity contribution in [1.29, 1.82) is 0 Å². The summed E-state index contributed by atoms with van der Waals surface area (Å²) in [4.78, 5) is 0. The SMILES string of the molecule is c1ccc(-c2ccc(-n3c4ccccc4c4cc5c6cc(-c7ccc8c(c7)c7ccccc7n8-c7cccc(-c8ccccc8)c7)ccc6n(-c6ccc7ccccc7c6)c5cc43)cc2)cc1.c1ccc(-c2cccc(-n3c4ccccc4c4cc(-c5ccc6c(c5)c5ccc7c(c8ccccc8n7-c7ccccc7)c5n6-c5ccc6ccccc6c5)ccc43)c2)cc1. The van der Waals surface area contributed by atoms with Crippen LogP contribution in [0.2, 0.25) is 0 Å². The van der Waals surface area contributed by atoms with Crippen LogP contribution in [-0.4, -0.2) is 27.4 Å². The van der Waals surface area contributed by atoms with E-state index in [0.717, 1.165) is 34.1 Å².